The first kappa shape index (κ1) is 18.5. The fraction of sp³-hybridized carbons (Fsp3) is 0.227. The van der Waals surface area contributed by atoms with E-state index in [1.807, 2.05) is 60.7 Å². The van der Waals surface area contributed by atoms with Crippen LogP contribution in [-0.2, 0) is 20.9 Å². The minimum atomic E-state index is -0.516. The van der Waals surface area contributed by atoms with Crippen LogP contribution in [0, 0.1) is 0 Å². The molecule has 0 aliphatic carbocycles. The zero-order chi connectivity index (χ0) is 19.5. The third kappa shape index (κ3) is 3.60. The second kappa shape index (κ2) is 8.02. The molecule has 1 fully saturated rings. The molecular weight excluding hydrogens is 372 g/mol. The van der Waals surface area contributed by atoms with Crippen molar-refractivity contribution in [3.05, 3.63) is 83.1 Å². The van der Waals surface area contributed by atoms with Gasteiger partial charge in [0.15, 0.2) is 5.17 Å². The maximum atomic E-state index is 13.1. The average molecular weight is 392 g/mol. The minimum Gasteiger partial charge on any atom is -0.457 e. The lowest BCUT2D eigenvalue weighted by Gasteiger charge is -2.38. The number of carbonyl (C=O) groups is 2. The molecule has 5 nitrogen and oxygen atoms in total. The van der Waals surface area contributed by atoms with Crippen LogP contribution in [0.15, 0.2) is 76.9 Å². The van der Waals surface area contributed by atoms with E-state index in [2.05, 4.69) is 4.99 Å². The lowest BCUT2D eigenvalue weighted by Crippen LogP contribution is -2.45. The molecule has 142 valence electrons. The van der Waals surface area contributed by atoms with Gasteiger partial charge in [-0.25, -0.2) is 9.79 Å². The smallest absolute Gasteiger partial charge is 0.338 e. The molecule has 1 unspecified atom stereocenters. The first-order valence-corrected chi connectivity index (χ1v) is 10.1. The molecule has 1 amide bonds. The fourth-order valence-corrected chi connectivity index (χ4v) is 4.42. The average Bonchev–Trinajstić information content (AvgIpc) is 2.72. The van der Waals surface area contributed by atoms with Gasteiger partial charge in [0.25, 0.3) is 0 Å². The molecule has 0 bridgehead atoms. The van der Waals surface area contributed by atoms with E-state index in [9.17, 15) is 9.59 Å². The van der Waals surface area contributed by atoms with E-state index >= 15 is 0 Å². The Morgan fingerprint density at radius 3 is 2.54 bits per heavy atom. The molecule has 28 heavy (non-hydrogen) atoms. The van der Waals surface area contributed by atoms with Gasteiger partial charge in [-0.3, -0.25) is 9.69 Å². The number of esters is 1. The molecule has 2 aromatic rings. The van der Waals surface area contributed by atoms with Gasteiger partial charge in [-0.15, -0.1) is 0 Å². The van der Waals surface area contributed by atoms with E-state index in [-0.39, 0.29) is 12.5 Å². The van der Waals surface area contributed by atoms with Crippen LogP contribution in [-0.4, -0.2) is 27.7 Å². The van der Waals surface area contributed by atoms with Crippen molar-refractivity contribution >= 4 is 28.8 Å². The van der Waals surface area contributed by atoms with Crippen LogP contribution in [0.2, 0.25) is 0 Å². The van der Waals surface area contributed by atoms with Crippen LogP contribution in [0.1, 0.15) is 30.5 Å². The van der Waals surface area contributed by atoms with Gasteiger partial charge in [0.1, 0.15) is 6.61 Å². The number of fused-ring (bicyclic) bond motifs is 1. The summed E-state index contributed by atoms with van der Waals surface area (Å²) in [5.41, 5.74) is 2.80. The number of amides is 1. The van der Waals surface area contributed by atoms with Crippen LogP contribution in [0.5, 0.6) is 0 Å². The highest BCUT2D eigenvalue weighted by atomic mass is 32.2. The molecule has 2 aliphatic rings. The Hall–Kier alpha value is -2.86. The van der Waals surface area contributed by atoms with Gasteiger partial charge in [-0.1, -0.05) is 72.4 Å². The molecule has 1 atom stereocenters. The van der Waals surface area contributed by atoms with Crippen molar-refractivity contribution in [2.75, 3.05) is 5.75 Å². The summed E-state index contributed by atoms with van der Waals surface area (Å²) in [7, 11) is 0. The van der Waals surface area contributed by atoms with E-state index < -0.39 is 12.0 Å². The normalized spacial score (nSPS) is 19.2. The molecule has 0 N–H and O–H groups in total. The highest BCUT2D eigenvalue weighted by Gasteiger charge is 2.41. The Kier molecular flexibility index (Phi) is 5.30. The van der Waals surface area contributed by atoms with Crippen molar-refractivity contribution in [2.45, 2.75) is 26.0 Å². The summed E-state index contributed by atoms with van der Waals surface area (Å²) in [5, 5.41) is 0.655. The Bertz CT molecular complexity index is 954. The number of rotatable bonds is 4. The zero-order valence-corrected chi connectivity index (χ0v) is 16.3. The van der Waals surface area contributed by atoms with Crippen molar-refractivity contribution in [3.63, 3.8) is 0 Å². The van der Waals surface area contributed by atoms with Crippen molar-refractivity contribution < 1.29 is 14.3 Å². The summed E-state index contributed by atoms with van der Waals surface area (Å²) >= 11 is 1.55. The molecule has 6 heteroatoms. The first-order chi connectivity index (χ1) is 13.6. The highest BCUT2D eigenvalue weighted by molar-refractivity contribution is 8.14. The molecule has 1 saturated heterocycles. The van der Waals surface area contributed by atoms with E-state index in [1.54, 1.807) is 23.6 Å². The Balaban J connectivity index is 1.70. The van der Waals surface area contributed by atoms with Gasteiger partial charge in [-0.2, -0.15) is 0 Å². The lowest BCUT2D eigenvalue weighted by molar-refractivity contribution is -0.141. The minimum absolute atomic E-state index is 0.0211. The van der Waals surface area contributed by atoms with Crippen LogP contribution in [0.4, 0.5) is 0 Å². The van der Waals surface area contributed by atoms with E-state index in [1.165, 1.54) is 0 Å². The standard InChI is InChI=1S/C22H20N2O3S/c1-15-19(21(26)27-14-16-8-4-2-5-9-16)20(17-10-6-3-7-11-17)24-18(25)12-13-28-22(24)23-15/h2-11,20H,12-14H2,1H3. The van der Waals surface area contributed by atoms with Crippen LogP contribution in [0.3, 0.4) is 0 Å². The zero-order valence-electron chi connectivity index (χ0n) is 15.5. The highest BCUT2D eigenvalue weighted by Crippen LogP contribution is 2.40. The van der Waals surface area contributed by atoms with Crippen molar-refractivity contribution in [1.29, 1.82) is 0 Å². The van der Waals surface area contributed by atoms with Gasteiger partial charge in [0.2, 0.25) is 5.91 Å². The van der Waals surface area contributed by atoms with Crippen LogP contribution >= 0.6 is 11.8 Å². The number of benzene rings is 2. The molecule has 4 rings (SSSR count). The van der Waals surface area contributed by atoms with Gasteiger partial charge < -0.3 is 4.74 Å². The summed E-state index contributed by atoms with van der Waals surface area (Å²) < 4.78 is 5.59. The van der Waals surface area contributed by atoms with Crippen LogP contribution in [0.25, 0.3) is 0 Å². The molecule has 0 aromatic heterocycles. The summed E-state index contributed by atoms with van der Waals surface area (Å²) in [6, 6.07) is 18.6. The quantitative estimate of drug-likeness (QED) is 0.736. The van der Waals surface area contributed by atoms with Crippen LogP contribution < -0.4 is 0 Å². The predicted octanol–water partition coefficient (Wildman–Crippen LogP) is 4.08. The molecule has 0 radical (unpaired) electrons. The van der Waals surface area contributed by atoms with E-state index in [0.29, 0.717) is 28.6 Å². The lowest BCUT2D eigenvalue weighted by atomic mass is 9.94. The third-order valence-corrected chi connectivity index (χ3v) is 5.71. The summed E-state index contributed by atoms with van der Waals surface area (Å²) in [6.45, 7) is 1.98. The largest absolute Gasteiger partial charge is 0.457 e. The van der Waals surface area contributed by atoms with Gasteiger partial charge in [-0.05, 0) is 18.1 Å². The maximum Gasteiger partial charge on any atom is 0.338 e. The number of allylic oxidation sites excluding steroid dienone is 1. The topological polar surface area (TPSA) is 59.0 Å². The van der Waals surface area contributed by atoms with Gasteiger partial charge in [0, 0.05) is 12.2 Å². The van der Waals surface area contributed by atoms with Gasteiger partial charge in [0.05, 0.1) is 17.3 Å². The number of ether oxygens (including phenoxy) is 1. The molecule has 2 heterocycles. The number of nitrogens with zero attached hydrogens (tertiary/aromatic N) is 2. The second-order valence-electron chi connectivity index (χ2n) is 6.63. The first-order valence-electron chi connectivity index (χ1n) is 9.15. The maximum absolute atomic E-state index is 13.1. The van der Waals surface area contributed by atoms with E-state index in [0.717, 1.165) is 11.1 Å². The molecular formula is C22H20N2O3S. The monoisotopic (exact) mass is 392 g/mol. The van der Waals surface area contributed by atoms with Crippen molar-refractivity contribution in [2.24, 2.45) is 4.99 Å². The third-order valence-electron chi connectivity index (χ3n) is 4.75. The second-order valence-corrected chi connectivity index (χ2v) is 7.69. The van der Waals surface area contributed by atoms with Crippen molar-refractivity contribution in [1.82, 2.24) is 4.90 Å². The molecule has 0 saturated carbocycles. The number of thioether (sulfide) groups is 1. The Morgan fingerprint density at radius 1 is 1.14 bits per heavy atom. The predicted molar refractivity (Wildman–Crippen MR) is 109 cm³/mol. The summed E-state index contributed by atoms with van der Waals surface area (Å²) in [6.07, 6.45) is 0.429. The molecule has 0 spiro atoms. The molecule has 2 aliphatic heterocycles. The van der Waals surface area contributed by atoms with Gasteiger partial charge >= 0.3 is 5.97 Å². The summed E-state index contributed by atoms with van der Waals surface area (Å²) in [4.78, 5) is 32.0. The number of carbonyl (C=O) groups excluding carboxylic acids is 2. The van der Waals surface area contributed by atoms with E-state index in [4.69, 9.17) is 4.74 Å². The Labute approximate surface area is 168 Å². The number of aliphatic imine (C=N–C) groups is 1. The SMILES string of the molecule is CC1=C(C(=O)OCc2ccccc2)C(c2ccccc2)N2C(=O)CCSC2=N1. The van der Waals surface area contributed by atoms with Crippen molar-refractivity contribution in [3.8, 4) is 0 Å². The fourth-order valence-electron chi connectivity index (χ4n) is 3.41. The summed E-state index contributed by atoms with van der Waals surface area (Å²) in [5.74, 6) is 0.241. The number of amidine groups is 1. The number of hydrogen-bond acceptors (Lipinski definition) is 5. The number of hydrogen-bond donors (Lipinski definition) is 0. The molecule has 2 aromatic carbocycles. The Morgan fingerprint density at radius 2 is 1.82 bits per heavy atom.